The van der Waals surface area contributed by atoms with Crippen LogP contribution >= 0.6 is 0 Å². The van der Waals surface area contributed by atoms with E-state index in [1.807, 2.05) is 43.3 Å². The number of carbonyl (C=O) groups excluding carboxylic acids is 2. The van der Waals surface area contributed by atoms with Gasteiger partial charge in [-0.2, -0.15) is 0 Å². The smallest absolute Gasteiger partial charge is 0.242 e. The highest BCUT2D eigenvalue weighted by molar-refractivity contribution is 6.24. The maximum atomic E-state index is 12.7. The van der Waals surface area contributed by atoms with Crippen molar-refractivity contribution in [3.63, 3.8) is 0 Å². The topological polar surface area (TPSA) is 37.4 Å². The molecule has 0 fully saturated rings. The molecule has 3 rings (SSSR count). The van der Waals surface area contributed by atoms with Gasteiger partial charge in [0.1, 0.15) is 5.92 Å². The van der Waals surface area contributed by atoms with Gasteiger partial charge in [-0.1, -0.05) is 36.4 Å². The van der Waals surface area contributed by atoms with Crippen LogP contribution in [0, 0.1) is 6.92 Å². The van der Waals surface area contributed by atoms with Crippen LogP contribution in [0.5, 0.6) is 0 Å². The molecule has 0 spiro atoms. The molecule has 0 N–H and O–H groups in total. The molecule has 100 valence electrons. The van der Waals surface area contributed by atoms with Crippen molar-refractivity contribution in [1.29, 1.82) is 0 Å². The van der Waals surface area contributed by atoms with E-state index in [2.05, 4.69) is 0 Å². The van der Waals surface area contributed by atoms with Crippen LogP contribution in [0.4, 0.5) is 5.69 Å². The summed E-state index contributed by atoms with van der Waals surface area (Å²) >= 11 is 0. The summed E-state index contributed by atoms with van der Waals surface area (Å²) in [4.78, 5) is 26.8. The molecule has 3 heteroatoms. The Balaban J connectivity index is 2.18. The molecule has 0 radical (unpaired) electrons. The predicted octanol–water partition coefficient (Wildman–Crippen LogP) is 2.94. The summed E-state index contributed by atoms with van der Waals surface area (Å²) in [5.41, 5.74) is 3.06. The van der Waals surface area contributed by atoms with Crippen LogP contribution in [0.15, 0.2) is 48.5 Å². The van der Waals surface area contributed by atoms with E-state index in [9.17, 15) is 9.59 Å². The summed E-state index contributed by atoms with van der Waals surface area (Å²) in [6, 6.07) is 14.8. The Bertz CT molecular complexity index is 706. The summed E-state index contributed by atoms with van der Waals surface area (Å²) in [5.74, 6) is -1.00. The number of carbonyl (C=O) groups is 2. The molecule has 0 aliphatic carbocycles. The average Bonchev–Trinajstić information content (AvgIpc) is 2.47. The van der Waals surface area contributed by atoms with E-state index >= 15 is 0 Å². The number of anilines is 1. The molecule has 1 unspecified atom stereocenters. The second-order valence-corrected chi connectivity index (χ2v) is 5.07. The Kier molecular flexibility index (Phi) is 2.90. The Morgan fingerprint density at radius 1 is 0.950 bits per heavy atom. The molecule has 1 atom stereocenters. The fourth-order valence-electron chi connectivity index (χ4n) is 2.74. The largest absolute Gasteiger partial charge is 0.314 e. The number of hydrogen-bond acceptors (Lipinski definition) is 2. The molecule has 3 nitrogen and oxygen atoms in total. The first-order chi connectivity index (χ1) is 9.61. The van der Waals surface area contributed by atoms with Crippen molar-refractivity contribution in [2.24, 2.45) is 0 Å². The van der Waals surface area contributed by atoms with Crippen LogP contribution in [-0.2, 0) is 4.79 Å². The number of Topliss-reactive ketones (excluding diaryl/α,β-unsaturated/α-hetero) is 1. The summed E-state index contributed by atoms with van der Waals surface area (Å²) in [5, 5.41) is 0. The Morgan fingerprint density at radius 3 is 2.35 bits per heavy atom. The van der Waals surface area contributed by atoms with Gasteiger partial charge in [0.2, 0.25) is 5.91 Å². The van der Waals surface area contributed by atoms with Gasteiger partial charge in [0.05, 0.1) is 5.69 Å². The lowest BCUT2D eigenvalue weighted by molar-refractivity contribution is -0.119. The van der Waals surface area contributed by atoms with Crippen LogP contribution < -0.4 is 4.90 Å². The minimum Gasteiger partial charge on any atom is -0.314 e. The molecule has 0 aromatic heterocycles. The van der Waals surface area contributed by atoms with E-state index < -0.39 is 5.92 Å². The first-order valence-electron chi connectivity index (χ1n) is 6.57. The molecule has 0 bridgehead atoms. The number of para-hydroxylation sites is 1. The summed E-state index contributed by atoms with van der Waals surface area (Å²) in [6.45, 7) is 1.93. The molecule has 1 aliphatic heterocycles. The van der Waals surface area contributed by atoms with Crippen molar-refractivity contribution < 1.29 is 9.59 Å². The molecule has 1 aliphatic rings. The number of rotatable bonds is 1. The monoisotopic (exact) mass is 265 g/mol. The van der Waals surface area contributed by atoms with Crippen LogP contribution in [0.1, 0.15) is 27.4 Å². The number of ketones is 1. The number of hydrogen-bond donors (Lipinski definition) is 0. The third-order valence-corrected chi connectivity index (χ3v) is 3.87. The molecular formula is C17H15NO2. The zero-order chi connectivity index (χ0) is 14.3. The number of aryl methyl sites for hydroxylation is 1. The third-order valence-electron chi connectivity index (χ3n) is 3.87. The van der Waals surface area contributed by atoms with Crippen molar-refractivity contribution in [3.05, 3.63) is 65.2 Å². The summed E-state index contributed by atoms with van der Waals surface area (Å²) < 4.78 is 0. The first kappa shape index (κ1) is 12.6. The fourth-order valence-corrected chi connectivity index (χ4v) is 2.74. The lowest BCUT2D eigenvalue weighted by atomic mass is 9.83. The lowest BCUT2D eigenvalue weighted by Gasteiger charge is -2.31. The van der Waals surface area contributed by atoms with Gasteiger partial charge in [-0.15, -0.1) is 0 Å². The molecule has 1 heterocycles. The maximum absolute atomic E-state index is 12.7. The van der Waals surface area contributed by atoms with Crippen LogP contribution in [0.25, 0.3) is 0 Å². The molecule has 0 saturated heterocycles. The van der Waals surface area contributed by atoms with Crippen molar-refractivity contribution in [1.82, 2.24) is 0 Å². The van der Waals surface area contributed by atoms with E-state index in [1.165, 1.54) is 0 Å². The van der Waals surface area contributed by atoms with E-state index in [4.69, 9.17) is 0 Å². The highest BCUT2D eigenvalue weighted by Gasteiger charge is 2.39. The maximum Gasteiger partial charge on any atom is 0.242 e. The van der Waals surface area contributed by atoms with Gasteiger partial charge in [0.25, 0.3) is 0 Å². The van der Waals surface area contributed by atoms with Gasteiger partial charge >= 0.3 is 0 Å². The van der Waals surface area contributed by atoms with Gasteiger partial charge in [-0.25, -0.2) is 0 Å². The van der Waals surface area contributed by atoms with Gasteiger partial charge in [-0.3, -0.25) is 9.59 Å². The number of nitrogens with zero attached hydrogens (tertiary/aromatic N) is 1. The van der Waals surface area contributed by atoms with Crippen LogP contribution in [0.2, 0.25) is 0 Å². The first-order valence-corrected chi connectivity index (χ1v) is 6.57. The number of likely N-dealkylation sites (N-methyl/N-ethyl adjacent to an activating group) is 1. The van der Waals surface area contributed by atoms with Crippen LogP contribution in [0.3, 0.4) is 0 Å². The van der Waals surface area contributed by atoms with Gasteiger partial charge < -0.3 is 4.90 Å². The summed E-state index contributed by atoms with van der Waals surface area (Å²) in [7, 11) is 1.72. The summed E-state index contributed by atoms with van der Waals surface area (Å²) in [6.07, 6.45) is 0. The Morgan fingerprint density at radius 2 is 1.60 bits per heavy atom. The molecule has 0 saturated carbocycles. The lowest BCUT2D eigenvalue weighted by Crippen LogP contribution is -2.41. The van der Waals surface area contributed by atoms with Crippen LogP contribution in [-0.4, -0.2) is 18.7 Å². The second-order valence-electron chi connectivity index (χ2n) is 5.07. The zero-order valence-electron chi connectivity index (χ0n) is 11.5. The minimum atomic E-state index is -0.726. The molecule has 2 aromatic rings. The van der Waals surface area contributed by atoms with Gasteiger partial charge in [-0.05, 0) is 30.2 Å². The van der Waals surface area contributed by atoms with E-state index in [0.29, 0.717) is 11.3 Å². The third kappa shape index (κ3) is 1.74. The molecular weight excluding hydrogens is 250 g/mol. The SMILES string of the molecule is Cc1ccccc1C1C(=O)c2ccccc2N(C)C1=O. The average molecular weight is 265 g/mol. The molecule has 20 heavy (non-hydrogen) atoms. The Hall–Kier alpha value is -2.42. The zero-order valence-corrected chi connectivity index (χ0v) is 11.5. The predicted molar refractivity (Wildman–Crippen MR) is 78.1 cm³/mol. The van der Waals surface area contributed by atoms with E-state index in [-0.39, 0.29) is 11.7 Å². The minimum absolute atomic E-state index is 0.113. The van der Waals surface area contributed by atoms with Gasteiger partial charge in [0.15, 0.2) is 5.78 Å². The van der Waals surface area contributed by atoms with E-state index in [0.717, 1.165) is 11.1 Å². The number of benzene rings is 2. The highest BCUT2D eigenvalue weighted by Crippen LogP contribution is 2.35. The number of fused-ring (bicyclic) bond motifs is 1. The Labute approximate surface area is 117 Å². The number of amides is 1. The fraction of sp³-hybridized carbons (Fsp3) is 0.176. The van der Waals surface area contributed by atoms with Crippen molar-refractivity contribution in [2.45, 2.75) is 12.8 Å². The standard InChI is InChI=1S/C17H15NO2/c1-11-7-3-4-8-12(11)15-16(19)13-9-5-6-10-14(13)18(2)17(15)20/h3-10,15H,1-2H3. The van der Waals surface area contributed by atoms with Crippen molar-refractivity contribution >= 4 is 17.4 Å². The quantitative estimate of drug-likeness (QED) is 0.743. The molecule has 1 amide bonds. The van der Waals surface area contributed by atoms with Gasteiger partial charge in [0, 0.05) is 12.6 Å². The highest BCUT2D eigenvalue weighted by atomic mass is 16.2. The molecule has 2 aromatic carbocycles. The second kappa shape index (κ2) is 4.60. The van der Waals surface area contributed by atoms with Crippen molar-refractivity contribution in [2.75, 3.05) is 11.9 Å². The van der Waals surface area contributed by atoms with Crippen molar-refractivity contribution in [3.8, 4) is 0 Å². The normalized spacial score (nSPS) is 18.1. The van der Waals surface area contributed by atoms with E-state index in [1.54, 1.807) is 24.1 Å².